The van der Waals surface area contributed by atoms with Crippen LogP contribution in [0, 0.1) is 13.8 Å². The Hall–Kier alpha value is -3.61. The van der Waals surface area contributed by atoms with Crippen LogP contribution in [0.15, 0.2) is 53.2 Å². The van der Waals surface area contributed by atoms with Gasteiger partial charge in [0.15, 0.2) is 0 Å². The van der Waals surface area contributed by atoms with Crippen LogP contribution in [-0.4, -0.2) is 21.6 Å². The maximum absolute atomic E-state index is 12.8. The molecular weight excluding hydrogens is 380 g/mol. The normalized spacial score (nSPS) is 11.0. The highest BCUT2D eigenvalue weighted by Crippen LogP contribution is 2.21. The Labute approximate surface area is 175 Å². The zero-order chi connectivity index (χ0) is 21.5. The molecule has 7 nitrogen and oxygen atoms in total. The number of benzene rings is 1. The van der Waals surface area contributed by atoms with Crippen LogP contribution in [-0.2, 0) is 11.3 Å². The van der Waals surface area contributed by atoms with E-state index in [2.05, 4.69) is 22.7 Å². The standard InChI is InChI=1S/C23H26N4O3/c1-4-5-13-27-17(3)22(16(2)26-27)25-23(29)18-8-6-9-19(15-18)24-21(28)12-11-20-10-7-14-30-20/h6-12,14-15H,4-5,13H2,1-3H3,(H,24,28)(H,25,29)/b12-11+. The lowest BCUT2D eigenvalue weighted by molar-refractivity contribution is -0.111. The van der Waals surface area contributed by atoms with E-state index in [1.54, 1.807) is 42.5 Å². The first-order valence-corrected chi connectivity index (χ1v) is 9.96. The third kappa shape index (κ3) is 5.26. The van der Waals surface area contributed by atoms with Gasteiger partial charge in [-0.05, 0) is 56.7 Å². The molecule has 0 aliphatic carbocycles. The molecule has 1 aromatic carbocycles. The Balaban J connectivity index is 1.67. The third-order valence-corrected chi connectivity index (χ3v) is 4.68. The van der Waals surface area contributed by atoms with E-state index in [0.29, 0.717) is 17.0 Å². The second-order valence-electron chi connectivity index (χ2n) is 7.00. The average Bonchev–Trinajstić information content (AvgIpc) is 3.34. The molecule has 0 unspecified atom stereocenters. The summed E-state index contributed by atoms with van der Waals surface area (Å²) in [5.74, 6) is 0.0230. The number of rotatable bonds is 8. The van der Waals surface area contributed by atoms with Gasteiger partial charge in [0.05, 0.1) is 23.3 Å². The van der Waals surface area contributed by atoms with E-state index >= 15 is 0 Å². The number of carbonyl (C=O) groups excluding carboxylic acids is 2. The van der Waals surface area contributed by atoms with Gasteiger partial charge in [-0.1, -0.05) is 19.4 Å². The minimum Gasteiger partial charge on any atom is -0.465 e. The van der Waals surface area contributed by atoms with E-state index < -0.39 is 0 Å². The molecule has 2 aromatic heterocycles. The first kappa shape index (κ1) is 21.1. The first-order valence-electron chi connectivity index (χ1n) is 9.96. The van der Waals surface area contributed by atoms with Gasteiger partial charge in [0.1, 0.15) is 5.76 Å². The Kier molecular flexibility index (Phi) is 6.85. The predicted molar refractivity (Wildman–Crippen MR) is 117 cm³/mol. The van der Waals surface area contributed by atoms with Crippen molar-refractivity contribution in [1.82, 2.24) is 9.78 Å². The van der Waals surface area contributed by atoms with Gasteiger partial charge in [0.25, 0.3) is 5.91 Å². The number of aryl methyl sites for hydroxylation is 2. The topological polar surface area (TPSA) is 89.2 Å². The molecule has 0 aliphatic heterocycles. The highest BCUT2D eigenvalue weighted by molar-refractivity contribution is 6.07. The highest BCUT2D eigenvalue weighted by atomic mass is 16.3. The molecule has 2 heterocycles. The number of nitrogens with zero attached hydrogens (tertiary/aromatic N) is 2. The lowest BCUT2D eigenvalue weighted by Gasteiger charge is -2.08. The van der Waals surface area contributed by atoms with Crippen LogP contribution in [0.25, 0.3) is 6.08 Å². The van der Waals surface area contributed by atoms with E-state index in [9.17, 15) is 9.59 Å². The number of nitrogens with one attached hydrogen (secondary N) is 2. The van der Waals surface area contributed by atoms with Gasteiger partial charge in [-0.3, -0.25) is 14.3 Å². The van der Waals surface area contributed by atoms with Crippen molar-refractivity contribution in [2.75, 3.05) is 10.6 Å². The van der Waals surface area contributed by atoms with Crippen LogP contribution < -0.4 is 10.6 Å². The fourth-order valence-corrected chi connectivity index (χ4v) is 3.06. The van der Waals surface area contributed by atoms with Crippen molar-refractivity contribution in [1.29, 1.82) is 0 Å². The van der Waals surface area contributed by atoms with Crippen LogP contribution in [0.5, 0.6) is 0 Å². The molecule has 156 valence electrons. The molecule has 0 bridgehead atoms. The van der Waals surface area contributed by atoms with E-state index in [0.717, 1.165) is 36.5 Å². The number of unbranched alkanes of at least 4 members (excludes halogenated alkanes) is 1. The summed E-state index contributed by atoms with van der Waals surface area (Å²) in [6, 6.07) is 10.3. The molecule has 3 rings (SSSR count). The minimum absolute atomic E-state index is 0.251. The van der Waals surface area contributed by atoms with E-state index in [1.165, 1.54) is 12.3 Å². The molecular formula is C23H26N4O3. The van der Waals surface area contributed by atoms with E-state index in [1.807, 2.05) is 18.5 Å². The second-order valence-corrected chi connectivity index (χ2v) is 7.00. The van der Waals surface area contributed by atoms with Crippen LogP contribution >= 0.6 is 0 Å². The largest absolute Gasteiger partial charge is 0.465 e. The zero-order valence-electron chi connectivity index (χ0n) is 17.4. The average molecular weight is 406 g/mol. The molecule has 0 aliphatic rings. The minimum atomic E-state index is -0.312. The van der Waals surface area contributed by atoms with Crippen molar-refractivity contribution in [2.45, 2.75) is 40.2 Å². The Bertz CT molecular complexity index is 1050. The number of anilines is 2. The fraction of sp³-hybridized carbons (Fsp3) is 0.261. The van der Waals surface area contributed by atoms with Gasteiger partial charge in [0.2, 0.25) is 5.91 Å². The molecule has 7 heteroatoms. The summed E-state index contributed by atoms with van der Waals surface area (Å²) in [6.45, 7) is 6.79. The maximum Gasteiger partial charge on any atom is 0.255 e. The molecule has 0 spiro atoms. The van der Waals surface area contributed by atoms with Gasteiger partial charge in [-0.15, -0.1) is 0 Å². The molecule has 0 saturated carbocycles. The predicted octanol–water partition coefficient (Wildman–Crippen LogP) is 4.80. The lowest BCUT2D eigenvalue weighted by Crippen LogP contribution is -2.14. The SMILES string of the molecule is CCCCn1nc(C)c(NC(=O)c2cccc(NC(=O)/C=C/c3ccco3)c2)c1C. The molecule has 3 aromatic rings. The Morgan fingerprint density at radius 3 is 2.73 bits per heavy atom. The third-order valence-electron chi connectivity index (χ3n) is 4.68. The van der Waals surface area contributed by atoms with Gasteiger partial charge in [-0.2, -0.15) is 5.10 Å². The zero-order valence-corrected chi connectivity index (χ0v) is 17.4. The number of aromatic nitrogens is 2. The van der Waals surface area contributed by atoms with Crippen LogP contribution in [0.1, 0.15) is 47.3 Å². The fourth-order valence-electron chi connectivity index (χ4n) is 3.06. The highest BCUT2D eigenvalue weighted by Gasteiger charge is 2.15. The summed E-state index contributed by atoms with van der Waals surface area (Å²) in [5, 5.41) is 10.2. The smallest absolute Gasteiger partial charge is 0.255 e. The van der Waals surface area contributed by atoms with Gasteiger partial charge in [-0.25, -0.2) is 0 Å². The number of hydrogen-bond donors (Lipinski definition) is 2. The Morgan fingerprint density at radius 2 is 2.00 bits per heavy atom. The van der Waals surface area contributed by atoms with E-state index in [4.69, 9.17) is 4.42 Å². The van der Waals surface area contributed by atoms with Crippen molar-refractivity contribution in [3.63, 3.8) is 0 Å². The first-order chi connectivity index (χ1) is 14.5. The Morgan fingerprint density at radius 1 is 1.17 bits per heavy atom. The quantitative estimate of drug-likeness (QED) is 0.526. The van der Waals surface area contributed by atoms with Crippen molar-refractivity contribution in [3.8, 4) is 0 Å². The molecule has 0 atom stereocenters. The van der Waals surface area contributed by atoms with Gasteiger partial charge < -0.3 is 15.1 Å². The number of furan rings is 1. The number of hydrogen-bond acceptors (Lipinski definition) is 4. The summed E-state index contributed by atoms with van der Waals surface area (Å²) >= 11 is 0. The molecule has 30 heavy (non-hydrogen) atoms. The monoisotopic (exact) mass is 406 g/mol. The van der Waals surface area contributed by atoms with E-state index in [-0.39, 0.29) is 11.8 Å². The number of carbonyl (C=O) groups is 2. The van der Waals surface area contributed by atoms with Crippen molar-refractivity contribution < 1.29 is 14.0 Å². The van der Waals surface area contributed by atoms with Gasteiger partial charge in [0, 0.05) is 23.9 Å². The molecule has 2 N–H and O–H groups in total. The van der Waals surface area contributed by atoms with Crippen molar-refractivity contribution >= 4 is 29.3 Å². The number of amides is 2. The summed E-state index contributed by atoms with van der Waals surface area (Å²) in [6.07, 6.45) is 6.61. The molecule has 0 fully saturated rings. The van der Waals surface area contributed by atoms with Crippen LogP contribution in [0.2, 0.25) is 0 Å². The molecule has 0 radical (unpaired) electrons. The maximum atomic E-state index is 12.8. The van der Waals surface area contributed by atoms with Gasteiger partial charge >= 0.3 is 0 Å². The van der Waals surface area contributed by atoms with Crippen LogP contribution in [0.3, 0.4) is 0 Å². The van der Waals surface area contributed by atoms with Crippen molar-refractivity contribution in [3.05, 3.63) is 71.4 Å². The molecule has 2 amide bonds. The van der Waals surface area contributed by atoms with Crippen molar-refractivity contribution in [2.24, 2.45) is 0 Å². The molecule has 0 saturated heterocycles. The lowest BCUT2D eigenvalue weighted by atomic mass is 10.1. The summed E-state index contributed by atoms with van der Waals surface area (Å²) in [7, 11) is 0. The summed E-state index contributed by atoms with van der Waals surface area (Å²) < 4.78 is 7.08. The van der Waals surface area contributed by atoms with Crippen LogP contribution in [0.4, 0.5) is 11.4 Å². The summed E-state index contributed by atoms with van der Waals surface area (Å²) in [5.41, 5.74) is 3.42. The summed E-state index contributed by atoms with van der Waals surface area (Å²) in [4.78, 5) is 24.9. The second kappa shape index (κ2) is 9.73.